The van der Waals surface area contributed by atoms with E-state index in [-0.39, 0.29) is 38.2 Å². The van der Waals surface area contributed by atoms with Crippen molar-refractivity contribution < 1.29 is 19.1 Å². The van der Waals surface area contributed by atoms with E-state index in [9.17, 15) is 9.59 Å². The van der Waals surface area contributed by atoms with Crippen LogP contribution in [0.15, 0.2) is 0 Å². The van der Waals surface area contributed by atoms with Crippen molar-refractivity contribution in [3.8, 4) is 0 Å². The van der Waals surface area contributed by atoms with E-state index in [1.54, 1.807) is 0 Å². The minimum atomic E-state index is -0.425. The van der Waals surface area contributed by atoms with Crippen molar-refractivity contribution in [3.05, 3.63) is 0 Å². The standard InChI is InChI=1S/C12H22O4Se2/c1-11(2,3)15-9(13)7-17-18-8-10(14)16-12(4,5)6/h7-8H2,1-6H3. The molecular weight excluding hydrogens is 366 g/mol. The molecule has 0 aromatic carbocycles. The molecule has 6 heteroatoms. The van der Waals surface area contributed by atoms with Crippen molar-refractivity contribution in [1.29, 1.82) is 0 Å². The van der Waals surface area contributed by atoms with Crippen molar-refractivity contribution in [3.63, 3.8) is 0 Å². The Morgan fingerprint density at radius 2 is 1.06 bits per heavy atom. The van der Waals surface area contributed by atoms with Crippen LogP contribution in [0.25, 0.3) is 0 Å². The van der Waals surface area contributed by atoms with Gasteiger partial charge in [0.1, 0.15) is 0 Å². The van der Waals surface area contributed by atoms with Crippen LogP contribution in [0.2, 0.25) is 10.6 Å². The van der Waals surface area contributed by atoms with Crippen molar-refractivity contribution in [1.82, 2.24) is 0 Å². The van der Waals surface area contributed by atoms with Crippen molar-refractivity contribution in [2.75, 3.05) is 0 Å². The molecule has 0 aliphatic carbocycles. The zero-order valence-corrected chi connectivity index (χ0v) is 15.3. The van der Waals surface area contributed by atoms with E-state index in [1.807, 2.05) is 41.5 Å². The average molecular weight is 388 g/mol. The van der Waals surface area contributed by atoms with E-state index >= 15 is 0 Å². The van der Waals surface area contributed by atoms with Crippen LogP contribution in [0.1, 0.15) is 41.5 Å². The summed E-state index contributed by atoms with van der Waals surface area (Å²) in [5, 5.41) is 0.875. The van der Waals surface area contributed by atoms with Crippen LogP contribution in [0.4, 0.5) is 0 Å². The first-order valence-electron chi connectivity index (χ1n) is 5.68. The molecule has 0 aromatic heterocycles. The van der Waals surface area contributed by atoms with Gasteiger partial charge in [-0.15, -0.1) is 0 Å². The summed E-state index contributed by atoms with van der Waals surface area (Å²) in [4.78, 5) is 22.8. The molecule has 0 unspecified atom stereocenters. The second-order valence-electron chi connectivity index (χ2n) is 5.70. The third kappa shape index (κ3) is 12.4. The molecule has 0 aromatic rings. The van der Waals surface area contributed by atoms with Crippen LogP contribution in [0.3, 0.4) is 0 Å². The first-order valence-corrected chi connectivity index (χ1v) is 12.4. The Kier molecular flexibility index (Phi) is 7.53. The predicted octanol–water partition coefficient (Wildman–Crippen LogP) is 1.83. The van der Waals surface area contributed by atoms with Crippen molar-refractivity contribution in [2.24, 2.45) is 0 Å². The van der Waals surface area contributed by atoms with Crippen LogP contribution < -0.4 is 0 Å². The molecule has 18 heavy (non-hydrogen) atoms. The van der Waals surface area contributed by atoms with Gasteiger partial charge in [-0.3, -0.25) is 0 Å². The maximum absolute atomic E-state index is 11.4. The Morgan fingerprint density at radius 3 is 1.28 bits per heavy atom. The van der Waals surface area contributed by atoms with Gasteiger partial charge in [-0.1, -0.05) is 0 Å². The number of rotatable bonds is 5. The van der Waals surface area contributed by atoms with Crippen LogP contribution in [-0.4, -0.2) is 49.4 Å². The molecule has 106 valence electrons. The fourth-order valence-corrected chi connectivity index (χ4v) is 5.84. The van der Waals surface area contributed by atoms with Gasteiger partial charge in [-0.25, -0.2) is 0 Å². The molecule has 0 atom stereocenters. The molecule has 0 radical (unpaired) electrons. The van der Waals surface area contributed by atoms with E-state index in [1.165, 1.54) is 0 Å². The molecule has 0 aliphatic heterocycles. The van der Waals surface area contributed by atoms with Gasteiger partial charge >= 0.3 is 121 Å². The maximum atomic E-state index is 11.4. The van der Waals surface area contributed by atoms with E-state index < -0.39 is 11.2 Å². The monoisotopic (exact) mass is 390 g/mol. The number of hydrogen-bond donors (Lipinski definition) is 0. The summed E-state index contributed by atoms with van der Waals surface area (Å²) < 4.78 is 10.4. The van der Waals surface area contributed by atoms with Gasteiger partial charge in [0.15, 0.2) is 0 Å². The van der Waals surface area contributed by atoms with E-state index in [2.05, 4.69) is 0 Å². The molecule has 0 saturated carbocycles. The van der Waals surface area contributed by atoms with E-state index in [0.717, 1.165) is 0 Å². The number of ether oxygens (including phenoxy) is 2. The summed E-state index contributed by atoms with van der Waals surface area (Å²) in [5.74, 6) is -0.345. The molecule has 0 heterocycles. The first-order chi connectivity index (χ1) is 7.99. The summed E-state index contributed by atoms with van der Waals surface area (Å²) in [6.07, 6.45) is 0. The Balaban J connectivity index is 3.69. The quantitative estimate of drug-likeness (QED) is 0.410. The molecule has 4 nitrogen and oxygen atoms in total. The van der Waals surface area contributed by atoms with E-state index in [4.69, 9.17) is 9.47 Å². The second kappa shape index (κ2) is 7.54. The Hall–Kier alpha value is -0.0210. The van der Waals surface area contributed by atoms with Gasteiger partial charge in [0.25, 0.3) is 0 Å². The molecule has 0 fully saturated rings. The average Bonchev–Trinajstić information content (AvgIpc) is 2.06. The fourth-order valence-electron chi connectivity index (χ4n) is 0.921. The summed E-state index contributed by atoms with van der Waals surface area (Å²) in [6, 6.07) is 0. The summed E-state index contributed by atoms with van der Waals surface area (Å²) in [5.41, 5.74) is -0.851. The van der Waals surface area contributed by atoms with Gasteiger partial charge in [0.05, 0.1) is 0 Å². The van der Waals surface area contributed by atoms with Crippen LogP contribution >= 0.6 is 0 Å². The molecule has 0 bridgehead atoms. The number of carbonyl (C=O) groups is 2. The molecule has 0 spiro atoms. The Labute approximate surface area is 120 Å². The van der Waals surface area contributed by atoms with Crippen LogP contribution in [0, 0.1) is 0 Å². The Morgan fingerprint density at radius 1 is 0.778 bits per heavy atom. The van der Waals surface area contributed by atoms with E-state index in [0.29, 0.717) is 10.6 Å². The van der Waals surface area contributed by atoms with Crippen molar-refractivity contribution in [2.45, 2.75) is 63.4 Å². The summed E-state index contributed by atoms with van der Waals surface area (Å²) >= 11 is 0.318. The van der Waals surface area contributed by atoms with Gasteiger partial charge < -0.3 is 0 Å². The number of esters is 2. The third-order valence-corrected chi connectivity index (χ3v) is 7.50. The van der Waals surface area contributed by atoms with Gasteiger partial charge in [0.2, 0.25) is 0 Å². The fraction of sp³-hybridized carbons (Fsp3) is 0.833. The number of carbonyl (C=O) groups excluding carboxylic acids is 2. The predicted molar refractivity (Wildman–Crippen MR) is 72.8 cm³/mol. The minimum absolute atomic E-state index is 0.159. The zero-order valence-electron chi connectivity index (χ0n) is 11.9. The van der Waals surface area contributed by atoms with Crippen LogP contribution in [-0.2, 0) is 19.1 Å². The third-order valence-electron chi connectivity index (χ3n) is 1.28. The first kappa shape index (κ1) is 18.0. The molecular formula is C12H22O4Se2. The zero-order chi connectivity index (χ0) is 14.4. The van der Waals surface area contributed by atoms with Gasteiger partial charge in [0, 0.05) is 0 Å². The van der Waals surface area contributed by atoms with Gasteiger partial charge in [-0.2, -0.15) is 0 Å². The summed E-state index contributed by atoms with van der Waals surface area (Å²) in [6.45, 7) is 11.1. The molecule has 0 aliphatic rings. The van der Waals surface area contributed by atoms with Crippen molar-refractivity contribution >= 4 is 38.2 Å². The Bertz CT molecular complexity index is 259. The topological polar surface area (TPSA) is 52.6 Å². The number of hydrogen-bond acceptors (Lipinski definition) is 4. The summed E-state index contributed by atoms with van der Waals surface area (Å²) in [7, 11) is 0. The van der Waals surface area contributed by atoms with Crippen LogP contribution in [0.5, 0.6) is 0 Å². The molecule has 0 rings (SSSR count). The molecule has 0 saturated heterocycles. The SMILES string of the molecule is CC(C)(C)OC(=O)C[Se][Se]CC(=O)OC(C)(C)C. The molecule has 0 amide bonds. The molecule has 0 N–H and O–H groups in total. The van der Waals surface area contributed by atoms with Gasteiger partial charge in [-0.05, 0) is 0 Å². The normalized spacial score (nSPS) is 12.1. The second-order valence-corrected chi connectivity index (χ2v) is 13.0.